The quantitative estimate of drug-likeness (QED) is 0.785. The molecule has 2 aromatic rings. The minimum atomic E-state index is -3.65. The van der Waals surface area contributed by atoms with Gasteiger partial charge in [0, 0.05) is 12.1 Å². The maximum atomic E-state index is 12.2. The fourth-order valence-electron chi connectivity index (χ4n) is 1.84. The van der Waals surface area contributed by atoms with Crippen LogP contribution in [0.1, 0.15) is 17.0 Å². The number of aromatic amines is 1. The van der Waals surface area contributed by atoms with Crippen molar-refractivity contribution in [1.29, 1.82) is 0 Å². The highest BCUT2D eigenvalue weighted by Gasteiger charge is 2.22. The van der Waals surface area contributed by atoms with Crippen LogP contribution in [0.5, 0.6) is 5.75 Å². The van der Waals surface area contributed by atoms with Crippen molar-refractivity contribution in [2.45, 2.75) is 25.3 Å². The second kappa shape index (κ2) is 5.02. The second-order valence-corrected chi connectivity index (χ2v) is 5.92. The molecule has 1 aromatic heterocycles. The molecule has 0 spiro atoms. The number of para-hydroxylation sites is 1. The smallest absolute Gasteiger partial charge is 0.244 e. The highest BCUT2D eigenvalue weighted by atomic mass is 32.2. The van der Waals surface area contributed by atoms with E-state index < -0.39 is 10.0 Å². The number of aromatic nitrogens is 2. The number of rotatable bonds is 4. The van der Waals surface area contributed by atoms with Gasteiger partial charge in [-0.05, 0) is 19.9 Å². The molecule has 0 amide bonds. The summed E-state index contributed by atoms with van der Waals surface area (Å²) < 4.78 is 26.8. The van der Waals surface area contributed by atoms with Crippen molar-refractivity contribution >= 4 is 10.0 Å². The summed E-state index contributed by atoms with van der Waals surface area (Å²) in [5.41, 5.74) is 1.43. The molecule has 0 atom stereocenters. The number of phenolic OH excluding ortho intramolecular Hbond substituents is 1. The third kappa shape index (κ3) is 2.77. The first-order chi connectivity index (χ1) is 8.92. The predicted molar refractivity (Wildman–Crippen MR) is 70.2 cm³/mol. The second-order valence-electron chi connectivity index (χ2n) is 4.22. The number of hydrogen-bond donors (Lipinski definition) is 3. The number of nitrogens with one attached hydrogen (secondary N) is 2. The number of aromatic hydroxyl groups is 1. The molecule has 3 N–H and O–H groups in total. The predicted octanol–water partition coefficient (Wildman–Crippen LogP) is 1.21. The van der Waals surface area contributed by atoms with E-state index in [1.807, 2.05) is 0 Å². The van der Waals surface area contributed by atoms with Gasteiger partial charge in [-0.1, -0.05) is 18.2 Å². The Morgan fingerprint density at radius 3 is 2.58 bits per heavy atom. The molecule has 0 fully saturated rings. The number of H-pyrrole nitrogens is 1. The van der Waals surface area contributed by atoms with E-state index in [9.17, 15) is 13.5 Å². The van der Waals surface area contributed by atoms with Crippen molar-refractivity contribution in [3.05, 3.63) is 41.2 Å². The first kappa shape index (κ1) is 13.6. The average molecular weight is 281 g/mol. The number of nitrogens with zero attached hydrogens (tertiary/aromatic N) is 1. The fraction of sp³-hybridized carbons (Fsp3) is 0.250. The monoisotopic (exact) mass is 281 g/mol. The van der Waals surface area contributed by atoms with Gasteiger partial charge in [0.1, 0.15) is 10.6 Å². The number of sulfonamides is 1. The van der Waals surface area contributed by atoms with Gasteiger partial charge in [-0.15, -0.1) is 0 Å². The molecule has 0 radical (unpaired) electrons. The SMILES string of the molecule is Cc1n[nH]c(C)c1S(=O)(=O)NCc1ccccc1O. The maximum Gasteiger partial charge on any atom is 0.244 e. The van der Waals surface area contributed by atoms with Gasteiger partial charge in [-0.3, -0.25) is 5.10 Å². The molecule has 0 aliphatic carbocycles. The number of aryl methyl sites for hydroxylation is 2. The van der Waals surface area contributed by atoms with Gasteiger partial charge >= 0.3 is 0 Å². The number of phenols is 1. The molecular formula is C12H15N3O3S. The Morgan fingerprint density at radius 2 is 2.00 bits per heavy atom. The van der Waals surface area contributed by atoms with E-state index in [0.29, 0.717) is 17.0 Å². The van der Waals surface area contributed by atoms with Gasteiger partial charge in [0.25, 0.3) is 0 Å². The first-order valence-corrected chi connectivity index (χ1v) is 7.18. The lowest BCUT2D eigenvalue weighted by atomic mass is 10.2. The van der Waals surface area contributed by atoms with Gasteiger partial charge in [0.05, 0.1) is 11.4 Å². The van der Waals surface area contributed by atoms with Crippen LogP contribution in [-0.4, -0.2) is 23.7 Å². The van der Waals surface area contributed by atoms with Crippen LogP contribution in [-0.2, 0) is 16.6 Å². The number of benzene rings is 1. The minimum absolute atomic E-state index is 0.0269. The van der Waals surface area contributed by atoms with Crippen molar-refractivity contribution in [2.75, 3.05) is 0 Å². The standard InChI is InChI=1S/C12H15N3O3S/c1-8-12(9(2)15-14-8)19(17,18)13-7-10-5-3-4-6-11(10)16/h3-6,13,16H,7H2,1-2H3,(H,14,15). The number of hydrogen-bond acceptors (Lipinski definition) is 4. The van der Waals surface area contributed by atoms with E-state index in [4.69, 9.17) is 0 Å². The lowest BCUT2D eigenvalue weighted by Gasteiger charge is -2.08. The molecule has 102 valence electrons. The van der Waals surface area contributed by atoms with E-state index in [1.54, 1.807) is 32.0 Å². The van der Waals surface area contributed by atoms with Crippen molar-refractivity contribution in [2.24, 2.45) is 0 Å². The fourth-order valence-corrected chi connectivity index (χ4v) is 3.21. The van der Waals surface area contributed by atoms with E-state index in [0.717, 1.165) is 0 Å². The zero-order chi connectivity index (χ0) is 14.0. The molecule has 19 heavy (non-hydrogen) atoms. The summed E-state index contributed by atoms with van der Waals surface area (Å²) in [6.45, 7) is 3.30. The van der Waals surface area contributed by atoms with Crippen LogP contribution in [0.2, 0.25) is 0 Å². The summed E-state index contributed by atoms with van der Waals surface area (Å²) in [5, 5.41) is 16.1. The Bertz CT molecular complexity index is 672. The van der Waals surface area contributed by atoms with E-state index in [1.165, 1.54) is 6.07 Å². The average Bonchev–Trinajstić information content (AvgIpc) is 2.69. The topological polar surface area (TPSA) is 95.1 Å². The molecule has 0 saturated carbocycles. The van der Waals surface area contributed by atoms with Crippen LogP contribution in [0.4, 0.5) is 0 Å². The van der Waals surface area contributed by atoms with Crippen LogP contribution in [0.25, 0.3) is 0 Å². The zero-order valence-electron chi connectivity index (χ0n) is 10.6. The summed E-state index contributed by atoms with van der Waals surface area (Å²) in [6.07, 6.45) is 0. The summed E-state index contributed by atoms with van der Waals surface area (Å²) in [4.78, 5) is 0.155. The van der Waals surface area contributed by atoms with Crippen molar-refractivity contribution in [3.8, 4) is 5.75 Å². The van der Waals surface area contributed by atoms with E-state index >= 15 is 0 Å². The van der Waals surface area contributed by atoms with Crippen molar-refractivity contribution in [3.63, 3.8) is 0 Å². The van der Waals surface area contributed by atoms with Crippen LogP contribution < -0.4 is 4.72 Å². The molecule has 0 saturated heterocycles. The highest BCUT2D eigenvalue weighted by Crippen LogP contribution is 2.19. The Hall–Kier alpha value is -1.86. The van der Waals surface area contributed by atoms with Crippen molar-refractivity contribution < 1.29 is 13.5 Å². The van der Waals surface area contributed by atoms with Crippen molar-refractivity contribution in [1.82, 2.24) is 14.9 Å². The molecule has 0 bridgehead atoms. The summed E-state index contributed by atoms with van der Waals surface area (Å²) in [6, 6.07) is 6.58. The minimum Gasteiger partial charge on any atom is -0.508 e. The zero-order valence-corrected chi connectivity index (χ0v) is 11.5. The molecule has 1 heterocycles. The van der Waals surface area contributed by atoms with Crippen LogP contribution >= 0.6 is 0 Å². The summed E-state index contributed by atoms with van der Waals surface area (Å²) >= 11 is 0. The summed E-state index contributed by atoms with van der Waals surface area (Å²) in [7, 11) is -3.65. The van der Waals surface area contributed by atoms with Gasteiger partial charge in [0.2, 0.25) is 10.0 Å². The van der Waals surface area contributed by atoms with Gasteiger partial charge in [0.15, 0.2) is 0 Å². The van der Waals surface area contributed by atoms with Crippen LogP contribution in [0.15, 0.2) is 29.2 Å². The van der Waals surface area contributed by atoms with Crippen LogP contribution in [0.3, 0.4) is 0 Å². The van der Waals surface area contributed by atoms with E-state index in [2.05, 4.69) is 14.9 Å². The lowest BCUT2D eigenvalue weighted by molar-refractivity contribution is 0.467. The molecule has 7 heteroatoms. The van der Waals surface area contributed by atoms with Crippen LogP contribution in [0, 0.1) is 13.8 Å². The van der Waals surface area contributed by atoms with E-state index in [-0.39, 0.29) is 17.2 Å². The molecule has 2 rings (SSSR count). The molecule has 1 aromatic carbocycles. The Balaban J connectivity index is 2.22. The first-order valence-electron chi connectivity index (χ1n) is 5.70. The third-order valence-electron chi connectivity index (χ3n) is 2.77. The Kier molecular flexibility index (Phi) is 3.59. The van der Waals surface area contributed by atoms with Gasteiger partial charge in [-0.25, -0.2) is 13.1 Å². The molecular weight excluding hydrogens is 266 g/mol. The molecule has 0 unspecified atom stereocenters. The molecule has 0 aliphatic heterocycles. The Morgan fingerprint density at radius 1 is 1.32 bits per heavy atom. The van der Waals surface area contributed by atoms with Gasteiger partial charge in [-0.2, -0.15) is 5.10 Å². The molecule has 0 aliphatic rings. The molecule has 6 nitrogen and oxygen atoms in total. The van der Waals surface area contributed by atoms with Gasteiger partial charge < -0.3 is 5.11 Å². The Labute approximate surface area is 111 Å². The maximum absolute atomic E-state index is 12.2. The largest absolute Gasteiger partial charge is 0.508 e. The third-order valence-corrected chi connectivity index (χ3v) is 4.44. The lowest BCUT2D eigenvalue weighted by Crippen LogP contribution is -2.24. The summed E-state index contributed by atoms with van der Waals surface area (Å²) in [5.74, 6) is 0.0610. The highest BCUT2D eigenvalue weighted by molar-refractivity contribution is 7.89. The normalized spacial score (nSPS) is 11.7.